The van der Waals surface area contributed by atoms with Crippen molar-refractivity contribution in [2.24, 2.45) is 0 Å². The van der Waals surface area contributed by atoms with Crippen molar-refractivity contribution < 1.29 is 9.18 Å². The van der Waals surface area contributed by atoms with Gasteiger partial charge in [-0.15, -0.1) is 0 Å². The average molecular weight is 493 g/mol. The standard InChI is InChI=1S/C25H30ClFN2OS2/c1-3-28(4-2)13-15-31-14-7-12-29-24(30)23(17-19-8-5-11-22(27)16-19)32-25(29)20-9-6-10-21(26)18-20/h5-6,8-11,16-18,25H,3-4,7,12-15H2,1-2H3. The van der Waals surface area contributed by atoms with Gasteiger partial charge in [-0.1, -0.05) is 61.5 Å². The minimum Gasteiger partial charge on any atom is -0.322 e. The Kier molecular flexibility index (Phi) is 9.97. The second-order valence-corrected chi connectivity index (χ2v) is 10.4. The summed E-state index contributed by atoms with van der Waals surface area (Å²) in [6, 6.07) is 14.0. The average Bonchev–Trinajstić information content (AvgIpc) is 3.08. The van der Waals surface area contributed by atoms with Crippen molar-refractivity contribution in [1.82, 2.24) is 9.80 Å². The van der Waals surface area contributed by atoms with E-state index in [1.54, 1.807) is 12.1 Å². The molecule has 32 heavy (non-hydrogen) atoms. The third-order valence-corrected chi connectivity index (χ3v) is 7.99. The van der Waals surface area contributed by atoms with E-state index in [1.165, 1.54) is 23.9 Å². The van der Waals surface area contributed by atoms with Crippen LogP contribution in [0.2, 0.25) is 5.02 Å². The molecule has 0 bridgehead atoms. The van der Waals surface area contributed by atoms with Gasteiger partial charge in [0.1, 0.15) is 11.2 Å². The monoisotopic (exact) mass is 492 g/mol. The first-order valence-corrected chi connectivity index (χ1v) is 13.4. The quantitative estimate of drug-likeness (QED) is 0.262. The molecule has 1 aliphatic heterocycles. The molecule has 0 aliphatic carbocycles. The van der Waals surface area contributed by atoms with Crippen LogP contribution in [0.15, 0.2) is 53.4 Å². The summed E-state index contributed by atoms with van der Waals surface area (Å²) in [6.07, 6.45) is 2.71. The van der Waals surface area contributed by atoms with Crippen LogP contribution in [0.5, 0.6) is 0 Å². The number of halogens is 2. The summed E-state index contributed by atoms with van der Waals surface area (Å²) in [5.74, 6) is 1.81. The molecule has 1 fully saturated rings. The number of nitrogens with zero attached hydrogens (tertiary/aromatic N) is 2. The topological polar surface area (TPSA) is 23.6 Å². The van der Waals surface area contributed by atoms with E-state index in [-0.39, 0.29) is 17.1 Å². The predicted octanol–water partition coefficient (Wildman–Crippen LogP) is 6.56. The lowest BCUT2D eigenvalue weighted by atomic mass is 10.2. The molecular weight excluding hydrogens is 463 g/mol. The molecule has 0 aromatic heterocycles. The van der Waals surface area contributed by atoms with Gasteiger partial charge in [0.2, 0.25) is 0 Å². The van der Waals surface area contributed by atoms with Gasteiger partial charge in [-0.3, -0.25) is 4.79 Å². The fourth-order valence-corrected chi connectivity index (χ4v) is 6.02. The molecule has 172 valence electrons. The van der Waals surface area contributed by atoms with E-state index in [0.29, 0.717) is 22.0 Å². The van der Waals surface area contributed by atoms with Crippen LogP contribution >= 0.6 is 35.1 Å². The molecule has 0 N–H and O–H groups in total. The number of rotatable bonds is 11. The first kappa shape index (κ1) is 25.2. The fourth-order valence-electron chi connectivity index (χ4n) is 3.63. The number of carbonyl (C=O) groups excluding carboxylic acids is 1. The summed E-state index contributed by atoms with van der Waals surface area (Å²) in [7, 11) is 0. The lowest BCUT2D eigenvalue weighted by Gasteiger charge is -2.24. The Morgan fingerprint density at radius 2 is 1.94 bits per heavy atom. The van der Waals surface area contributed by atoms with Gasteiger partial charge in [0.05, 0.1) is 4.91 Å². The van der Waals surface area contributed by atoms with Crippen molar-refractivity contribution in [3.63, 3.8) is 0 Å². The maximum Gasteiger partial charge on any atom is 0.261 e. The van der Waals surface area contributed by atoms with Crippen molar-refractivity contribution >= 4 is 47.1 Å². The SMILES string of the molecule is CCN(CC)CCSCCCN1C(=O)C(=Cc2cccc(F)c2)SC1c1cccc(Cl)c1. The van der Waals surface area contributed by atoms with Crippen molar-refractivity contribution in [3.05, 3.63) is 75.4 Å². The highest BCUT2D eigenvalue weighted by Gasteiger charge is 2.36. The molecule has 1 atom stereocenters. The zero-order chi connectivity index (χ0) is 22.9. The second-order valence-electron chi connectivity index (χ2n) is 7.58. The van der Waals surface area contributed by atoms with Crippen LogP contribution in [0, 0.1) is 5.82 Å². The lowest BCUT2D eigenvalue weighted by molar-refractivity contribution is -0.126. The van der Waals surface area contributed by atoms with E-state index in [9.17, 15) is 9.18 Å². The molecule has 3 rings (SSSR count). The minimum atomic E-state index is -0.306. The Labute approximate surface area is 204 Å². The molecular formula is C25H30ClFN2OS2. The van der Waals surface area contributed by atoms with Gasteiger partial charge in [0, 0.05) is 23.9 Å². The van der Waals surface area contributed by atoms with E-state index in [0.717, 1.165) is 43.1 Å². The molecule has 3 nitrogen and oxygen atoms in total. The number of benzene rings is 2. The Hall–Kier alpha value is -1.47. The molecule has 2 aromatic carbocycles. The second kappa shape index (κ2) is 12.7. The Morgan fingerprint density at radius 3 is 2.66 bits per heavy atom. The number of thioether (sulfide) groups is 2. The summed E-state index contributed by atoms with van der Waals surface area (Å²) < 4.78 is 13.6. The Morgan fingerprint density at radius 1 is 1.16 bits per heavy atom. The van der Waals surface area contributed by atoms with Crippen LogP contribution in [0.3, 0.4) is 0 Å². The first-order valence-electron chi connectivity index (χ1n) is 11.0. The smallest absolute Gasteiger partial charge is 0.261 e. The molecule has 1 unspecified atom stereocenters. The molecule has 0 saturated carbocycles. The van der Waals surface area contributed by atoms with E-state index < -0.39 is 0 Å². The molecule has 7 heteroatoms. The van der Waals surface area contributed by atoms with E-state index in [2.05, 4.69) is 18.7 Å². The van der Waals surface area contributed by atoms with Crippen LogP contribution < -0.4 is 0 Å². The maximum atomic E-state index is 13.6. The summed E-state index contributed by atoms with van der Waals surface area (Å²) in [5.41, 5.74) is 1.70. The zero-order valence-corrected chi connectivity index (χ0v) is 21.0. The molecule has 0 radical (unpaired) electrons. The Bertz CT molecular complexity index is 936. The van der Waals surface area contributed by atoms with Crippen LogP contribution in [0.1, 0.15) is 36.8 Å². The maximum absolute atomic E-state index is 13.6. The van der Waals surface area contributed by atoms with Gasteiger partial charge in [0.25, 0.3) is 5.91 Å². The van der Waals surface area contributed by atoms with Crippen molar-refractivity contribution in [3.8, 4) is 0 Å². The Balaban J connectivity index is 1.67. The van der Waals surface area contributed by atoms with Crippen molar-refractivity contribution in [1.29, 1.82) is 0 Å². The largest absolute Gasteiger partial charge is 0.322 e. The molecule has 1 aliphatic rings. The highest BCUT2D eigenvalue weighted by atomic mass is 35.5. The third kappa shape index (κ3) is 7.01. The number of hydrogen-bond acceptors (Lipinski definition) is 4. The van der Waals surface area contributed by atoms with E-state index in [4.69, 9.17) is 11.6 Å². The summed E-state index contributed by atoms with van der Waals surface area (Å²) in [6.45, 7) is 8.33. The van der Waals surface area contributed by atoms with Gasteiger partial charge >= 0.3 is 0 Å². The van der Waals surface area contributed by atoms with Crippen LogP contribution in [0.4, 0.5) is 4.39 Å². The van der Waals surface area contributed by atoms with Gasteiger partial charge in [0.15, 0.2) is 0 Å². The number of carbonyl (C=O) groups is 1. The normalized spacial score (nSPS) is 17.7. The number of amides is 1. The summed E-state index contributed by atoms with van der Waals surface area (Å²) in [4.78, 5) is 18.2. The third-order valence-electron chi connectivity index (χ3n) is 5.41. The molecule has 1 amide bonds. The minimum absolute atomic E-state index is 0.00243. The number of hydrogen-bond donors (Lipinski definition) is 0. The van der Waals surface area contributed by atoms with Crippen molar-refractivity contribution in [2.45, 2.75) is 25.6 Å². The zero-order valence-electron chi connectivity index (χ0n) is 18.6. The molecule has 1 saturated heterocycles. The molecule has 1 heterocycles. The van der Waals surface area contributed by atoms with Crippen LogP contribution in [0.25, 0.3) is 6.08 Å². The summed E-state index contributed by atoms with van der Waals surface area (Å²) >= 11 is 9.67. The van der Waals surface area contributed by atoms with E-state index in [1.807, 2.05) is 47.0 Å². The van der Waals surface area contributed by atoms with Crippen LogP contribution in [-0.4, -0.2) is 53.4 Å². The molecule has 0 spiro atoms. The summed E-state index contributed by atoms with van der Waals surface area (Å²) in [5, 5.41) is 0.534. The van der Waals surface area contributed by atoms with Crippen molar-refractivity contribution in [2.75, 3.05) is 37.7 Å². The molecule has 2 aromatic rings. The van der Waals surface area contributed by atoms with Gasteiger partial charge in [-0.05, 0) is 66.7 Å². The highest BCUT2D eigenvalue weighted by Crippen LogP contribution is 2.46. The van der Waals surface area contributed by atoms with Crippen LogP contribution in [-0.2, 0) is 4.79 Å². The lowest BCUT2D eigenvalue weighted by Crippen LogP contribution is -2.29. The van der Waals surface area contributed by atoms with Gasteiger partial charge in [-0.25, -0.2) is 4.39 Å². The van der Waals surface area contributed by atoms with Gasteiger partial charge < -0.3 is 9.80 Å². The first-order chi connectivity index (χ1) is 15.5. The fraction of sp³-hybridized carbons (Fsp3) is 0.400. The van der Waals surface area contributed by atoms with E-state index >= 15 is 0 Å². The highest BCUT2D eigenvalue weighted by molar-refractivity contribution is 8.04. The van der Waals surface area contributed by atoms with Gasteiger partial charge in [-0.2, -0.15) is 11.8 Å². The predicted molar refractivity (Wildman–Crippen MR) is 138 cm³/mol.